The van der Waals surface area contributed by atoms with Crippen LogP contribution in [0.4, 0.5) is 5.69 Å². The molecule has 0 fully saturated rings. The van der Waals surface area contributed by atoms with Crippen LogP contribution in [0.1, 0.15) is 23.6 Å². The molecule has 23 heavy (non-hydrogen) atoms. The molecule has 2 aromatic rings. The predicted molar refractivity (Wildman–Crippen MR) is 96.3 cm³/mol. The van der Waals surface area contributed by atoms with E-state index in [1.165, 1.54) is 16.7 Å². The molecule has 126 valence electrons. The molecule has 0 unspecified atom stereocenters. The Balaban J connectivity index is 0.000000238. The van der Waals surface area contributed by atoms with Gasteiger partial charge in [0.1, 0.15) is 5.75 Å². The summed E-state index contributed by atoms with van der Waals surface area (Å²) in [5.74, 6) is 6.35. The summed E-state index contributed by atoms with van der Waals surface area (Å²) in [7, 11) is -2.28. The number of anilines is 1. The summed E-state index contributed by atoms with van der Waals surface area (Å²) in [4.78, 5) is 16.8. The Hall–Kier alpha value is -1.65. The zero-order chi connectivity index (χ0) is 17.4. The molecule has 0 atom stereocenters. The quantitative estimate of drug-likeness (QED) is 0.452. The highest BCUT2D eigenvalue weighted by molar-refractivity contribution is 7.39. The van der Waals surface area contributed by atoms with E-state index in [1.54, 1.807) is 29.3 Å². The van der Waals surface area contributed by atoms with Crippen LogP contribution in [0.25, 0.3) is 0 Å². The monoisotopic (exact) mass is 336 g/mol. The van der Waals surface area contributed by atoms with E-state index in [4.69, 9.17) is 15.6 Å². The second kappa shape index (κ2) is 9.48. The molecule has 0 saturated carbocycles. The number of rotatable bonds is 4. The molecule has 2 aromatic carbocycles. The van der Waals surface area contributed by atoms with Gasteiger partial charge >= 0.3 is 8.60 Å². The van der Waals surface area contributed by atoms with Crippen molar-refractivity contribution >= 4 is 14.3 Å². The zero-order valence-electron chi connectivity index (χ0n) is 14.0. The number of hydrazine groups is 1. The maximum absolute atomic E-state index is 8.40. The number of nitrogens with two attached hydrogens (primary N) is 1. The second-order valence-electron chi connectivity index (χ2n) is 5.19. The average Bonchev–Trinajstić information content (AvgIpc) is 2.47. The lowest BCUT2D eigenvalue weighted by atomic mass is 10.0. The minimum atomic E-state index is -2.28. The third kappa shape index (κ3) is 6.55. The Morgan fingerprint density at radius 3 is 2.00 bits per heavy atom. The molecular formula is C17H25N2O3P. The summed E-state index contributed by atoms with van der Waals surface area (Å²) in [6.45, 7) is 9.20. The standard InChI is InChI=1S/C11H18N2.C6H7O3P/c1-5-13(12)11-9(3)6-8(2)7-10(11)4;7-10(8)9-6-4-2-1-3-5-6/h6-7H,5,12H2,1-4H3;1-5,7-8H. The topological polar surface area (TPSA) is 79.0 Å². The first kappa shape index (κ1) is 19.4. The molecule has 0 amide bonds. The number of benzene rings is 2. The molecule has 0 aliphatic carbocycles. The van der Waals surface area contributed by atoms with Gasteiger partial charge in [0.05, 0.1) is 5.69 Å². The van der Waals surface area contributed by atoms with Crippen LogP contribution in [0, 0.1) is 20.8 Å². The Bertz CT molecular complexity index is 583. The van der Waals surface area contributed by atoms with E-state index >= 15 is 0 Å². The van der Waals surface area contributed by atoms with Crippen molar-refractivity contribution in [3.05, 3.63) is 59.2 Å². The minimum absolute atomic E-state index is 0.471. The molecule has 4 N–H and O–H groups in total. The maximum atomic E-state index is 8.40. The van der Waals surface area contributed by atoms with Gasteiger partial charge in [0.15, 0.2) is 0 Å². The number of aryl methyl sites for hydroxylation is 3. The van der Waals surface area contributed by atoms with Crippen LogP contribution in [0.3, 0.4) is 0 Å². The summed E-state index contributed by atoms with van der Waals surface area (Å²) < 4.78 is 4.59. The minimum Gasteiger partial charge on any atom is -0.427 e. The number of hydrogen-bond donors (Lipinski definition) is 3. The van der Waals surface area contributed by atoms with Crippen molar-refractivity contribution in [1.82, 2.24) is 0 Å². The van der Waals surface area contributed by atoms with Gasteiger partial charge in [-0.3, -0.25) is 0 Å². The van der Waals surface area contributed by atoms with Crippen LogP contribution in [-0.4, -0.2) is 16.3 Å². The third-order valence-electron chi connectivity index (χ3n) is 3.19. The largest absolute Gasteiger partial charge is 0.427 e. The van der Waals surface area contributed by atoms with Crippen molar-refractivity contribution in [2.45, 2.75) is 27.7 Å². The summed E-state index contributed by atoms with van der Waals surface area (Å²) >= 11 is 0. The van der Waals surface area contributed by atoms with Crippen LogP contribution >= 0.6 is 8.60 Å². The molecule has 0 bridgehead atoms. The molecule has 2 rings (SSSR count). The predicted octanol–water partition coefficient (Wildman–Crippen LogP) is 3.59. The van der Waals surface area contributed by atoms with Crippen molar-refractivity contribution in [2.24, 2.45) is 5.84 Å². The number of hydrogen-bond acceptors (Lipinski definition) is 5. The highest BCUT2D eigenvalue weighted by atomic mass is 31.2. The van der Waals surface area contributed by atoms with E-state index in [0.29, 0.717) is 5.75 Å². The summed E-state index contributed by atoms with van der Waals surface area (Å²) in [6.07, 6.45) is 0. The zero-order valence-corrected chi connectivity index (χ0v) is 14.9. The molecule has 5 nitrogen and oxygen atoms in total. The van der Waals surface area contributed by atoms with E-state index in [1.807, 2.05) is 6.07 Å². The Labute approximate surface area is 139 Å². The van der Waals surface area contributed by atoms with E-state index < -0.39 is 8.60 Å². The Morgan fingerprint density at radius 1 is 1.04 bits per heavy atom. The van der Waals surface area contributed by atoms with Gasteiger partial charge in [-0.25, -0.2) is 5.84 Å². The van der Waals surface area contributed by atoms with Crippen LogP contribution < -0.4 is 15.4 Å². The molecule has 0 aromatic heterocycles. The van der Waals surface area contributed by atoms with Gasteiger partial charge in [0.25, 0.3) is 0 Å². The fourth-order valence-electron chi connectivity index (χ4n) is 2.36. The molecule has 0 spiro atoms. The SMILES string of the molecule is CCN(N)c1c(C)cc(C)cc1C.OP(O)Oc1ccccc1. The van der Waals surface area contributed by atoms with E-state index in [-0.39, 0.29) is 0 Å². The van der Waals surface area contributed by atoms with Crippen LogP contribution in [0.5, 0.6) is 5.75 Å². The van der Waals surface area contributed by atoms with Gasteiger partial charge in [-0.1, -0.05) is 35.9 Å². The van der Waals surface area contributed by atoms with Gasteiger partial charge in [-0.05, 0) is 51.0 Å². The molecule has 0 saturated heterocycles. The smallest absolute Gasteiger partial charge is 0.391 e. The van der Waals surface area contributed by atoms with E-state index in [2.05, 4.69) is 44.4 Å². The summed E-state index contributed by atoms with van der Waals surface area (Å²) in [6, 6.07) is 13.0. The average molecular weight is 336 g/mol. The van der Waals surface area contributed by atoms with Crippen LogP contribution in [-0.2, 0) is 0 Å². The van der Waals surface area contributed by atoms with Crippen molar-refractivity contribution in [2.75, 3.05) is 11.6 Å². The van der Waals surface area contributed by atoms with Crippen LogP contribution in [0.2, 0.25) is 0 Å². The van der Waals surface area contributed by atoms with Gasteiger partial charge in [-0.15, -0.1) is 0 Å². The summed E-state index contributed by atoms with van der Waals surface area (Å²) in [5, 5.41) is 1.80. The number of para-hydroxylation sites is 1. The van der Waals surface area contributed by atoms with Gasteiger partial charge < -0.3 is 19.3 Å². The first-order chi connectivity index (χ1) is 10.8. The van der Waals surface area contributed by atoms with Crippen LogP contribution in [0.15, 0.2) is 42.5 Å². The van der Waals surface area contributed by atoms with Crippen molar-refractivity contribution < 1.29 is 14.3 Å². The first-order valence-electron chi connectivity index (χ1n) is 7.36. The van der Waals surface area contributed by atoms with Gasteiger partial charge in [0, 0.05) is 6.54 Å². The van der Waals surface area contributed by atoms with Gasteiger partial charge in [-0.2, -0.15) is 0 Å². The maximum Gasteiger partial charge on any atom is 0.391 e. The lowest BCUT2D eigenvalue weighted by molar-refractivity contribution is 0.375. The second-order valence-corrected chi connectivity index (χ2v) is 5.88. The number of nitrogens with zero attached hydrogens (tertiary/aromatic N) is 1. The normalized spacial score (nSPS) is 10.1. The van der Waals surface area contributed by atoms with Gasteiger partial charge in [0.2, 0.25) is 0 Å². The highest BCUT2D eigenvalue weighted by Crippen LogP contribution is 2.27. The molecular weight excluding hydrogens is 311 g/mol. The Kier molecular flexibility index (Phi) is 8.00. The van der Waals surface area contributed by atoms with E-state index in [9.17, 15) is 0 Å². The molecule has 0 radical (unpaired) electrons. The lowest BCUT2D eigenvalue weighted by Gasteiger charge is -2.21. The molecule has 0 aliphatic rings. The lowest BCUT2D eigenvalue weighted by Crippen LogP contribution is -2.31. The first-order valence-corrected chi connectivity index (χ1v) is 8.52. The van der Waals surface area contributed by atoms with Crippen molar-refractivity contribution in [3.8, 4) is 5.75 Å². The summed E-state index contributed by atoms with van der Waals surface area (Å²) in [5.41, 5.74) is 4.96. The molecule has 0 heterocycles. The van der Waals surface area contributed by atoms with Crippen molar-refractivity contribution in [3.63, 3.8) is 0 Å². The molecule has 0 aliphatic heterocycles. The van der Waals surface area contributed by atoms with Crippen molar-refractivity contribution in [1.29, 1.82) is 0 Å². The fourth-order valence-corrected chi connectivity index (χ4v) is 2.67. The van der Waals surface area contributed by atoms with E-state index in [0.717, 1.165) is 12.2 Å². The fraction of sp³-hybridized carbons (Fsp3) is 0.294. The third-order valence-corrected chi connectivity index (χ3v) is 3.57. The molecule has 6 heteroatoms. The highest BCUT2D eigenvalue weighted by Gasteiger charge is 2.07. The Morgan fingerprint density at radius 2 is 1.57 bits per heavy atom.